The fourth-order valence-electron chi connectivity index (χ4n) is 2.69. The first-order chi connectivity index (χ1) is 10.7. The van der Waals surface area contributed by atoms with Gasteiger partial charge >= 0.3 is 0 Å². The van der Waals surface area contributed by atoms with Crippen molar-refractivity contribution in [3.8, 4) is 5.75 Å². The number of methoxy groups -OCH3 is 1. The maximum absolute atomic E-state index is 10.8. The molecule has 0 radical (unpaired) electrons. The average Bonchev–Trinajstić information content (AvgIpc) is 2.96. The Morgan fingerprint density at radius 3 is 2.50 bits per heavy atom. The number of halogens is 1. The topological polar surface area (TPSA) is 45.9 Å². The van der Waals surface area contributed by atoms with Gasteiger partial charge in [-0.3, -0.25) is 4.79 Å². The highest BCUT2D eigenvalue weighted by Crippen LogP contribution is 2.32. The lowest BCUT2D eigenvalue weighted by atomic mass is 10.2. The molecule has 0 aliphatic carbocycles. The molecular weight excluding hydrogens is 348 g/mol. The van der Waals surface area contributed by atoms with Crippen LogP contribution in [0.1, 0.15) is 10.6 Å². The van der Waals surface area contributed by atoms with Crippen molar-refractivity contribution in [1.29, 1.82) is 0 Å². The number of nitrogens with zero attached hydrogens (tertiary/aromatic N) is 2. The lowest BCUT2D eigenvalue weighted by Gasteiger charge is -2.36. The summed E-state index contributed by atoms with van der Waals surface area (Å²) in [4.78, 5) is 15.2. The molecule has 0 amide bonds. The van der Waals surface area contributed by atoms with E-state index in [1.807, 2.05) is 18.2 Å². The number of benzene rings is 1. The van der Waals surface area contributed by atoms with Crippen molar-refractivity contribution in [3.63, 3.8) is 0 Å². The average molecular weight is 365 g/mol. The Morgan fingerprint density at radius 1 is 1.18 bits per heavy atom. The summed E-state index contributed by atoms with van der Waals surface area (Å²) >= 11 is 3.45. The molecule has 0 bridgehead atoms. The molecule has 22 heavy (non-hydrogen) atoms. The molecule has 0 saturated carbocycles. The van der Waals surface area contributed by atoms with Crippen LogP contribution in [-0.2, 0) is 0 Å². The van der Waals surface area contributed by atoms with Gasteiger partial charge in [-0.05, 0) is 28.1 Å². The lowest BCUT2D eigenvalue weighted by Crippen LogP contribution is -2.46. The Morgan fingerprint density at radius 2 is 1.86 bits per heavy atom. The van der Waals surface area contributed by atoms with Crippen molar-refractivity contribution in [2.45, 2.75) is 0 Å². The molecule has 1 saturated heterocycles. The van der Waals surface area contributed by atoms with Crippen LogP contribution in [0.5, 0.6) is 5.75 Å². The first-order valence-corrected chi connectivity index (χ1v) is 7.89. The molecule has 0 unspecified atom stereocenters. The fourth-order valence-corrected chi connectivity index (χ4v) is 3.25. The maximum Gasteiger partial charge on any atom is 0.210 e. The Kier molecular flexibility index (Phi) is 4.38. The third-order valence-electron chi connectivity index (χ3n) is 3.80. The third-order valence-corrected chi connectivity index (χ3v) is 4.36. The molecular formula is C16H17BrN2O3. The number of rotatable bonds is 4. The summed E-state index contributed by atoms with van der Waals surface area (Å²) in [5, 5.41) is 0. The normalized spacial score (nSPS) is 15.0. The second-order valence-electron chi connectivity index (χ2n) is 5.07. The minimum atomic E-state index is 0.342. The number of carbonyl (C=O) groups excluding carboxylic acids is 1. The highest BCUT2D eigenvalue weighted by atomic mass is 79.9. The van der Waals surface area contributed by atoms with Crippen LogP contribution in [0.25, 0.3) is 0 Å². The van der Waals surface area contributed by atoms with Crippen molar-refractivity contribution < 1.29 is 13.9 Å². The number of aldehydes is 1. The second kappa shape index (κ2) is 6.44. The van der Waals surface area contributed by atoms with Crippen molar-refractivity contribution >= 4 is 33.8 Å². The summed E-state index contributed by atoms with van der Waals surface area (Å²) in [6, 6.07) is 9.74. The number of carbonyl (C=O) groups is 1. The summed E-state index contributed by atoms with van der Waals surface area (Å²) in [6.07, 6.45) is 0.722. The number of furan rings is 1. The Hall–Kier alpha value is -1.95. The Labute approximate surface area is 137 Å². The predicted octanol–water partition coefficient (Wildman–Crippen LogP) is 3.19. The molecule has 1 aliphatic heterocycles. The molecule has 116 valence electrons. The van der Waals surface area contributed by atoms with Crippen molar-refractivity contribution in [3.05, 3.63) is 40.6 Å². The number of hydrogen-bond donors (Lipinski definition) is 0. The van der Waals surface area contributed by atoms with E-state index >= 15 is 0 Å². The molecule has 1 aromatic carbocycles. The lowest BCUT2D eigenvalue weighted by molar-refractivity contribution is 0.110. The van der Waals surface area contributed by atoms with Gasteiger partial charge in [-0.15, -0.1) is 0 Å². The van der Waals surface area contributed by atoms with E-state index in [2.05, 4.69) is 31.8 Å². The van der Waals surface area contributed by atoms with Gasteiger partial charge < -0.3 is 19.0 Å². The van der Waals surface area contributed by atoms with E-state index in [0.717, 1.165) is 54.3 Å². The van der Waals surface area contributed by atoms with Gasteiger partial charge in [0.15, 0.2) is 12.0 Å². The van der Waals surface area contributed by atoms with Gasteiger partial charge in [0.1, 0.15) is 5.75 Å². The summed E-state index contributed by atoms with van der Waals surface area (Å²) in [5.74, 6) is 1.95. The number of ether oxygens (including phenoxy) is 1. The number of hydrogen-bond acceptors (Lipinski definition) is 5. The molecule has 0 atom stereocenters. The zero-order valence-corrected chi connectivity index (χ0v) is 13.9. The predicted molar refractivity (Wildman–Crippen MR) is 89.2 cm³/mol. The molecule has 0 spiro atoms. The summed E-state index contributed by atoms with van der Waals surface area (Å²) in [7, 11) is 1.69. The van der Waals surface area contributed by atoms with Crippen LogP contribution in [0, 0.1) is 0 Å². The van der Waals surface area contributed by atoms with Crippen LogP contribution in [0.15, 0.2) is 39.2 Å². The van der Waals surface area contributed by atoms with E-state index in [9.17, 15) is 4.79 Å². The summed E-state index contributed by atoms with van der Waals surface area (Å²) < 4.78 is 11.8. The summed E-state index contributed by atoms with van der Waals surface area (Å²) in [5.41, 5.74) is 1.11. The van der Waals surface area contributed by atoms with Gasteiger partial charge in [0.25, 0.3) is 0 Å². The standard InChI is InChI=1S/C16H17BrN2O3/c1-21-15-5-3-2-4-14(15)18-6-8-19(9-7-18)16-13(17)10-12(11-20)22-16/h2-5,10-11H,6-9H2,1H3. The Bertz CT molecular complexity index is 663. The number of anilines is 2. The van der Waals surface area contributed by atoms with E-state index in [1.165, 1.54) is 0 Å². The maximum atomic E-state index is 10.8. The van der Waals surface area contributed by atoms with Crippen LogP contribution in [0.2, 0.25) is 0 Å². The van der Waals surface area contributed by atoms with E-state index in [-0.39, 0.29) is 0 Å². The molecule has 2 aromatic rings. The largest absolute Gasteiger partial charge is 0.495 e. The zero-order chi connectivity index (χ0) is 15.5. The van der Waals surface area contributed by atoms with Crippen LogP contribution >= 0.6 is 15.9 Å². The zero-order valence-electron chi connectivity index (χ0n) is 12.3. The molecule has 6 heteroatoms. The van der Waals surface area contributed by atoms with Crippen molar-refractivity contribution in [2.24, 2.45) is 0 Å². The molecule has 3 rings (SSSR count). The van der Waals surface area contributed by atoms with Crippen molar-refractivity contribution in [1.82, 2.24) is 0 Å². The van der Waals surface area contributed by atoms with E-state index in [0.29, 0.717) is 5.76 Å². The highest BCUT2D eigenvalue weighted by Gasteiger charge is 2.23. The monoisotopic (exact) mass is 364 g/mol. The minimum absolute atomic E-state index is 0.342. The van der Waals surface area contributed by atoms with Crippen LogP contribution in [0.3, 0.4) is 0 Å². The molecule has 1 fully saturated rings. The first-order valence-electron chi connectivity index (χ1n) is 7.10. The van der Waals surface area contributed by atoms with Gasteiger partial charge in [-0.25, -0.2) is 0 Å². The van der Waals surface area contributed by atoms with Gasteiger partial charge in [0.2, 0.25) is 5.88 Å². The quantitative estimate of drug-likeness (QED) is 0.779. The third kappa shape index (κ3) is 2.83. The van der Waals surface area contributed by atoms with Crippen LogP contribution < -0.4 is 14.5 Å². The highest BCUT2D eigenvalue weighted by molar-refractivity contribution is 9.10. The molecule has 1 aromatic heterocycles. The SMILES string of the molecule is COc1ccccc1N1CCN(c2oc(C=O)cc2Br)CC1. The number of para-hydroxylation sites is 2. The molecule has 5 nitrogen and oxygen atoms in total. The van der Waals surface area contributed by atoms with E-state index in [1.54, 1.807) is 13.2 Å². The first kappa shape index (κ1) is 15.0. The summed E-state index contributed by atoms with van der Waals surface area (Å²) in [6.45, 7) is 3.37. The molecule has 0 N–H and O–H groups in total. The number of piperazine rings is 1. The van der Waals surface area contributed by atoms with E-state index < -0.39 is 0 Å². The second-order valence-corrected chi connectivity index (χ2v) is 5.92. The van der Waals surface area contributed by atoms with Gasteiger partial charge in [0.05, 0.1) is 17.3 Å². The Balaban J connectivity index is 1.72. The van der Waals surface area contributed by atoms with Crippen LogP contribution in [-0.4, -0.2) is 39.6 Å². The van der Waals surface area contributed by atoms with Crippen molar-refractivity contribution in [2.75, 3.05) is 43.1 Å². The molecule has 2 heterocycles. The smallest absolute Gasteiger partial charge is 0.210 e. The minimum Gasteiger partial charge on any atom is -0.495 e. The van der Waals surface area contributed by atoms with Gasteiger partial charge in [0, 0.05) is 32.2 Å². The van der Waals surface area contributed by atoms with Crippen LogP contribution in [0.4, 0.5) is 11.6 Å². The van der Waals surface area contributed by atoms with Gasteiger partial charge in [-0.1, -0.05) is 12.1 Å². The fraction of sp³-hybridized carbons (Fsp3) is 0.312. The van der Waals surface area contributed by atoms with Gasteiger partial charge in [-0.2, -0.15) is 0 Å². The molecule has 1 aliphatic rings. The van der Waals surface area contributed by atoms with E-state index in [4.69, 9.17) is 9.15 Å².